The summed E-state index contributed by atoms with van der Waals surface area (Å²) in [5.41, 5.74) is 1.24. The number of hydrogen-bond donors (Lipinski definition) is 1. The topological polar surface area (TPSA) is 126 Å². The van der Waals surface area contributed by atoms with Crippen LogP contribution in [0.5, 0.6) is 11.5 Å². The number of nitrogens with one attached hydrogen (secondary N) is 1. The second kappa shape index (κ2) is 13.4. The second-order valence-electron chi connectivity index (χ2n) is 7.36. The molecule has 0 saturated carbocycles. The number of benzene rings is 2. The van der Waals surface area contributed by atoms with Crippen LogP contribution in [0.4, 0.5) is 5.69 Å². The predicted molar refractivity (Wildman–Crippen MR) is 132 cm³/mol. The minimum Gasteiger partial charge on any atom is -0.504 e. The molecule has 0 bridgehead atoms. The number of nitrogens with zero attached hydrogens (tertiary/aromatic N) is 1. The highest BCUT2D eigenvalue weighted by atomic mass is 79.9. The molecule has 0 heterocycles. The Hall–Kier alpha value is -3.44. The normalized spacial score (nSPS) is 12.6. The van der Waals surface area contributed by atoms with Crippen LogP contribution in [0, 0.1) is 10.1 Å². The van der Waals surface area contributed by atoms with Gasteiger partial charge in [0.2, 0.25) is 0 Å². The van der Waals surface area contributed by atoms with Gasteiger partial charge in [0.05, 0.1) is 39.6 Å². The molecule has 0 amide bonds. The van der Waals surface area contributed by atoms with Crippen molar-refractivity contribution in [1.29, 1.82) is 0 Å². The molecule has 0 aliphatic carbocycles. The number of halogens is 1. The van der Waals surface area contributed by atoms with Gasteiger partial charge in [-0.2, -0.15) is 0 Å². The van der Waals surface area contributed by atoms with Crippen LogP contribution in [-0.4, -0.2) is 51.2 Å². The van der Waals surface area contributed by atoms with Crippen LogP contribution in [0.25, 0.3) is 0 Å². The Labute approximate surface area is 211 Å². The third-order valence-electron chi connectivity index (χ3n) is 5.17. The zero-order chi connectivity index (χ0) is 26.0. The third-order valence-corrected chi connectivity index (χ3v) is 5.90. The predicted octanol–water partition coefficient (Wildman–Crippen LogP) is 3.91. The molecule has 2 aromatic carbocycles. The first-order valence-corrected chi connectivity index (χ1v) is 11.2. The first-order chi connectivity index (χ1) is 16.7. The van der Waals surface area contributed by atoms with Crippen molar-refractivity contribution in [3.8, 4) is 11.5 Å². The van der Waals surface area contributed by atoms with Gasteiger partial charge in [0, 0.05) is 35.1 Å². The molecule has 188 valence electrons. The molecule has 2 atom stereocenters. The summed E-state index contributed by atoms with van der Waals surface area (Å²) in [7, 11) is 5.72. The van der Waals surface area contributed by atoms with Gasteiger partial charge in [0.1, 0.15) is 6.04 Å². The summed E-state index contributed by atoms with van der Waals surface area (Å²) in [5, 5.41) is 14.2. The molecule has 2 rings (SSSR count). The van der Waals surface area contributed by atoms with Gasteiger partial charge in [-0.1, -0.05) is 28.1 Å². The van der Waals surface area contributed by atoms with E-state index in [4.69, 9.17) is 18.9 Å². The zero-order valence-electron chi connectivity index (χ0n) is 19.8. The molecule has 1 N–H and O–H groups in total. The minimum atomic E-state index is -0.853. The van der Waals surface area contributed by atoms with Gasteiger partial charge in [0.15, 0.2) is 17.3 Å². The highest BCUT2D eigenvalue weighted by Gasteiger charge is 2.27. The molecule has 0 spiro atoms. The smallest absolute Gasteiger partial charge is 0.323 e. The van der Waals surface area contributed by atoms with Gasteiger partial charge < -0.3 is 18.9 Å². The van der Waals surface area contributed by atoms with Gasteiger partial charge in [-0.3, -0.25) is 25.0 Å². The van der Waals surface area contributed by atoms with Gasteiger partial charge in [0.25, 0.3) is 5.69 Å². The Kier molecular flexibility index (Phi) is 10.7. The fourth-order valence-electron chi connectivity index (χ4n) is 3.38. The van der Waals surface area contributed by atoms with Crippen molar-refractivity contribution in [3.05, 3.63) is 74.5 Å². The molecule has 0 aliphatic rings. The van der Waals surface area contributed by atoms with Crippen molar-refractivity contribution in [2.45, 2.75) is 24.9 Å². The molecule has 2 aromatic rings. The number of methoxy groups -OCH3 is 4. The van der Waals surface area contributed by atoms with E-state index in [1.165, 1.54) is 52.9 Å². The number of nitro groups is 1. The van der Waals surface area contributed by atoms with Crippen molar-refractivity contribution in [2.24, 2.45) is 0 Å². The van der Waals surface area contributed by atoms with E-state index in [0.717, 1.165) is 5.56 Å². The SMILES string of the molecule is CO/C=C/C(=O)CC(N[C@@H](Cc1cc(OC)c(OC)cc1Br)C(=O)OC)c1ccc([N+](=O)[O-])cc1. The monoisotopic (exact) mass is 550 g/mol. The number of carbonyl (C=O) groups excluding carboxylic acids is 2. The quantitative estimate of drug-likeness (QED) is 0.130. The maximum absolute atomic E-state index is 12.7. The number of non-ortho nitro benzene ring substituents is 1. The van der Waals surface area contributed by atoms with Crippen LogP contribution in [0.15, 0.2) is 53.2 Å². The van der Waals surface area contributed by atoms with Crippen molar-refractivity contribution in [3.63, 3.8) is 0 Å². The maximum atomic E-state index is 12.7. The van der Waals surface area contributed by atoms with Crippen LogP contribution in [0.1, 0.15) is 23.6 Å². The largest absolute Gasteiger partial charge is 0.504 e. The van der Waals surface area contributed by atoms with E-state index < -0.39 is 23.0 Å². The summed E-state index contributed by atoms with van der Waals surface area (Å²) in [5.74, 6) is 0.197. The van der Waals surface area contributed by atoms with Gasteiger partial charge in [-0.15, -0.1) is 0 Å². The van der Waals surface area contributed by atoms with Gasteiger partial charge in [-0.05, 0) is 29.7 Å². The second-order valence-corrected chi connectivity index (χ2v) is 8.21. The number of nitro benzene ring substituents is 1. The first kappa shape index (κ1) is 27.8. The number of allylic oxidation sites excluding steroid dienone is 1. The average molecular weight is 551 g/mol. The Bertz CT molecular complexity index is 1070. The molecule has 1 unspecified atom stereocenters. The van der Waals surface area contributed by atoms with Crippen LogP contribution >= 0.6 is 15.9 Å². The Morgan fingerprint density at radius 2 is 1.71 bits per heavy atom. The molecule has 0 fully saturated rings. The fraction of sp³-hybridized carbons (Fsp3) is 0.333. The summed E-state index contributed by atoms with van der Waals surface area (Å²) in [6.45, 7) is 0. The number of esters is 1. The summed E-state index contributed by atoms with van der Waals surface area (Å²) < 4.78 is 21.2. The van der Waals surface area contributed by atoms with E-state index in [1.807, 2.05) is 0 Å². The van der Waals surface area contributed by atoms with Crippen molar-refractivity contribution in [1.82, 2.24) is 5.32 Å². The molecular weight excluding hydrogens is 524 g/mol. The highest BCUT2D eigenvalue weighted by Crippen LogP contribution is 2.34. The maximum Gasteiger partial charge on any atom is 0.323 e. The first-order valence-electron chi connectivity index (χ1n) is 10.4. The van der Waals surface area contributed by atoms with Crippen LogP contribution < -0.4 is 14.8 Å². The lowest BCUT2D eigenvalue weighted by atomic mass is 9.97. The van der Waals surface area contributed by atoms with E-state index in [0.29, 0.717) is 21.5 Å². The zero-order valence-corrected chi connectivity index (χ0v) is 21.4. The molecule has 11 heteroatoms. The number of ether oxygens (including phenoxy) is 4. The van der Waals surface area contributed by atoms with Crippen molar-refractivity contribution in [2.75, 3.05) is 28.4 Å². The molecule has 0 saturated heterocycles. The number of carbonyl (C=O) groups is 2. The molecular formula is C24H27BrN2O8. The van der Waals surface area contributed by atoms with Gasteiger partial charge in [-0.25, -0.2) is 0 Å². The third kappa shape index (κ3) is 7.79. The number of ketones is 1. The Morgan fingerprint density at radius 1 is 1.09 bits per heavy atom. The Morgan fingerprint density at radius 3 is 2.26 bits per heavy atom. The van der Waals surface area contributed by atoms with Crippen LogP contribution in [0.3, 0.4) is 0 Å². The summed E-state index contributed by atoms with van der Waals surface area (Å²) in [6.07, 6.45) is 2.70. The van der Waals surface area contributed by atoms with Crippen molar-refractivity contribution >= 4 is 33.4 Å². The highest BCUT2D eigenvalue weighted by molar-refractivity contribution is 9.10. The minimum absolute atomic E-state index is 0.0295. The molecule has 10 nitrogen and oxygen atoms in total. The van der Waals surface area contributed by atoms with E-state index in [9.17, 15) is 19.7 Å². The standard InChI is InChI=1S/C24H27BrN2O8/c1-32-10-9-18(28)13-20(15-5-7-17(8-6-15)27(30)31)26-21(24(29)35-4)11-16-12-22(33-2)23(34-3)14-19(16)25/h5-10,12,14,20-21,26H,11,13H2,1-4H3/b10-9+/t20?,21-/m0/s1. The van der Waals surface area contributed by atoms with Crippen LogP contribution in [0.2, 0.25) is 0 Å². The molecule has 0 aliphatic heterocycles. The van der Waals surface area contributed by atoms with Crippen LogP contribution in [-0.2, 0) is 25.5 Å². The number of rotatable bonds is 13. The fourth-order valence-corrected chi connectivity index (χ4v) is 3.87. The van der Waals surface area contributed by atoms with Gasteiger partial charge >= 0.3 is 5.97 Å². The summed E-state index contributed by atoms with van der Waals surface area (Å²) >= 11 is 3.50. The van der Waals surface area contributed by atoms with E-state index in [1.54, 1.807) is 24.3 Å². The lowest BCUT2D eigenvalue weighted by molar-refractivity contribution is -0.384. The molecule has 35 heavy (non-hydrogen) atoms. The lowest BCUT2D eigenvalue weighted by Crippen LogP contribution is -2.42. The molecule has 0 radical (unpaired) electrons. The van der Waals surface area contributed by atoms with E-state index in [-0.39, 0.29) is 24.3 Å². The average Bonchev–Trinajstić information content (AvgIpc) is 2.86. The van der Waals surface area contributed by atoms with E-state index in [2.05, 4.69) is 21.2 Å². The summed E-state index contributed by atoms with van der Waals surface area (Å²) in [6, 6.07) is 7.76. The molecule has 0 aromatic heterocycles. The lowest BCUT2D eigenvalue weighted by Gasteiger charge is -2.25. The van der Waals surface area contributed by atoms with Crippen molar-refractivity contribution < 1.29 is 33.5 Å². The summed E-state index contributed by atoms with van der Waals surface area (Å²) in [4.78, 5) is 35.7. The van der Waals surface area contributed by atoms with E-state index >= 15 is 0 Å². The number of hydrogen-bond acceptors (Lipinski definition) is 9. The Balaban J connectivity index is 2.41.